The summed E-state index contributed by atoms with van der Waals surface area (Å²) in [6, 6.07) is 7.11. The van der Waals surface area contributed by atoms with Crippen LogP contribution in [0.25, 0.3) is 0 Å². The molecule has 144 valence electrons. The van der Waals surface area contributed by atoms with Crippen LogP contribution in [0.2, 0.25) is 0 Å². The Morgan fingerprint density at radius 2 is 1.67 bits per heavy atom. The Bertz CT molecular complexity index is 835. The Labute approximate surface area is 159 Å². The van der Waals surface area contributed by atoms with E-state index >= 15 is 0 Å². The SMILES string of the molecule is CCCc1c(C(=O)NCc2ccc(C(=O)NCC)cc2)[nH]c(C)c1C(C)=O. The first-order chi connectivity index (χ1) is 12.9. The van der Waals surface area contributed by atoms with Gasteiger partial charge in [0.2, 0.25) is 0 Å². The van der Waals surface area contributed by atoms with E-state index < -0.39 is 0 Å². The van der Waals surface area contributed by atoms with Gasteiger partial charge in [-0.1, -0.05) is 25.5 Å². The summed E-state index contributed by atoms with van der Waals surface area (Å²) < 4.78 is 0. The van der Waals surface area contributed by atoms with Crippen molar-refractivity contribution in [3.05, 3.63) is 57.9 Å². The normalized spacial score (nSPS) is 10.5. The zero-order valence-corrected chi connectivity index (χ0v) is 16.4. The lowest BCUT2D eigenvalue weighted by Crippen LogP contribution is -2.25. The standard InChI is InChI=1S/C21H27N3O3/c1-5-7-17-18(14(4)25)13(3)24-19(17)21(27)23-12-15-8-10-16(11-9-15)20(26)22-6-2/h8-11,24H,5-7,12H2,1-4H3,(H,22,26)(H,23,27). The molecule has 0 saturated heterocycles. The molecular formula is C21H27N3O3. The Morgan fingerprint density at radius 1 is 1.00 bits per heavy atom. The summed E-state index contributed by atoms with van der Waals surface area (Å²) in [5, 5.41) is 5.63. The summed E-state index contributed by atoms with van der Waals surface area (Å²) in [6.45, 7) is 8.14. The fourth-order valence-corrected chi connectivity index (χ4v) is 3.15. The van der Waals surface area contributed by atoms with Gasteiger partial charge in [-0.25, -0.2) is 0 Å². The summed E-state index contributed by atoms with van der Waals surface area (Å²) in [4.78, 5) is 39.4. The van der Waals surface area contributed by atoms with E-state index in [2.05, 4.69) is 15.6 Å². The van der Waals surface area contributed by atoms with E-state index in [1.807, 2.05) is 32.9 Å². The van der Waals surface area contributed by atoms with E-state index in [-0.39, 0.29) is 17.6 Å². The number of hydrogen-bond donors (Lipinski definition) is 3. The van der Waals surface area contributed by atoms with E-state index in [1.165, 1.54) is 6.92 Å². The molecule has 1 heterocycles. The van der Waals surface area contributed by atoms with E-state index in [0.29, 0.717) is 36.3 Å². The molecule has 6 nitrogen and oxygen atoms in total. The number of rotatable bonds is 8. The molecule has 2 rings (SSSR count). The van der Waals surface area contributed by atoms with Crippen LogP contribution >= 0.6 is 0 Å². The first-order valence-corrected chi connectivity index (χ1v) is 9.26. The van der Waals surface area contributed by atoms with Crippen molar-refractivity contribution in [2.45, 2.75) is 47.1 Å². The van der Waals surface area contributed by atoms with Crippen LogP contribution < -0.4 is 10.6 Å². The Balaban J connectivity index is 2.11. The van der Waals surface area contributed by atoms with Crippen LogP contribution in [0.1, 0.15) is 75.2 Å². The topological polar surface area (TPSA) is 91.1 Å². The highest BCUT2D eigenvalue weighted by Gasteiger charge is 2.22. The number of amides is 2. The van der Waals surface area contributed by atoms with Crippen LogP contribution in [0.4, 0.5) is 0 Å². The summed E-state index contributed by atoms with van der Waals surface area (Å²) in [5.74, 6) is -0.384. The highest BCUT2D eigenvalue weighted by molar-refractivity contribution is 6.02. The second kappa shape index (κ2) is 9.16. The number of benzene rings is 1. The number of aryl methyl sites for hydroxylation is 1. The number of H-pyrrole nitrogens is 1. The average molecular weight is 369 g/mol. The molecule has 1 aromatic carbocycles. The van der Waals surface area contributed by atoms with Crippen molar-refractivity contribution < 1.29 is 14.4 Å². The van der Waals surface area contributed by atoms with E-state index in [4.69, 9.17) is 0 Å². The monoisotopic (exact) mass is 369 g/mol. The Kier molecular flexibility index (Phi) is 6.93. The van der Waals surface area contributed by atoms with Gasteiger partial charge in [0.25, 0.3) is 11.8 Å². The number of hydrogen-bond acceptors (Lipinski definition) is 3. The van der Waals surface area contributed by atoms with Crippen molar-refractivity contribution in [3.63, 3.8) is 0 Å². The van der Waals surface area contributed by atoms with Crippen LogP contribution in [-0.4, -0.2) is 29.1 Å². The smallest absolute Gasteiger partial charge is 0.268 e. The van der Waals surface area contributed by atoms with Gasteiger partial charge < -0.3 is 15.6 Å². The molecule has 0 fully saturated rings. The maximum atomic E-state index is 12.6. The number of Topliss-reactive ketones (excluding diaryl/α,β-unsaturated/α-hetero) is 1. The van der Waals surface area contributed by atoms with E-state index in [1.54, 1.807) is 12.1 Å². The lowest BCUT2D eigenvalue weighted by atomic mass is 10.0. The van der Waals surface area contributed by atoms with Gasteiger partial charge in [0, 0.05) is 29.9 Å². The second-order valence-electron chi connectivity index (χ2n) is 6.52. The van der Waals surface area contributed by atoms with Crippen molar-refractivity contribution in [2.75, 3.05) is 6.54 Å². The fraction of sp³-hybridized carbons (Fsp3) is 0.381. The number of carbonyl (C=O) groups is 3. The molecule has 6 heteroatoms. The van der Waals surface area contributed by atoms with E-state index in [9.17, 15) is 14.4 Å². The molecule has 0 saturated carbocycles. The van der Waals surface area contributed by atoms with Crippen LogP contribution in [0.15, 0.2) is 24.3 Å². The summed E-state index contributed by atoms with van der Waals surface area (Å²) in [6.07, 6.45) is 1.52. The molecule has 2 amide bonds. The third-order valence-electron chi connectivity index (χ3n) is 4.38. The molecule has 0 aliphatic carbocycles. The zero-order valence-electron chi connectivity index (χ0n) is 16.4. The quantitative estimate of drug-likeness (QED) is 0.624. The third kappa shape index (κ3) is 4.84. The van der Waals surface area contributed by atoms with Gasteiger partial charge in [0.05, 0.1) is 0 Å². The highest BCUT2D eigenvalue weighted by atomic mass is 16.2. The van der Waals surface area contributed by atoms with Crippen molar-refractivity contribution >= 4 is 17.6 Å². The van der Waals surface area contributed by atoms with Gasteiger partial charge in [0.1, 0.15) is 5.69 Å². The minimum absolute atomic E-state index is 0.0350. The number of nitrogens with one attached hydrogen (secondary N) is 3. The van der Waals surface area contributed by atoms with Crippen LogP contribution in [-0.2, 0) is 13.0 Å². The molecule has 3 N–H and O–H groups in total. The zero-order chi connectivity index (χ0) is 20.0. The van der Waals surface area contributed by atoms with Crippen molar-refractivity contribution in [3.8, 4) is 0 Å². The van der Waals surface area contributed by atoms with Gasteiger partial charge >= 0.3 is 0 Å². The minimum Gasteiger partial charge on any atom is -0.354 e. The lowest BCUT2D eigenvalue weighted by molar-refractivity contribution is 0.0940. The third-order valence-corrected chi connectivity index (χ3v) is 4.38. The predicted octanol–water partition coefficient (Wildman–Crippen LogP) is 3.16. The molecular weight excluding hydrogens is 342 g/mol. The van der Waals surface area contributed by atoms with Gasteiger partial charge in [-0.05, 0) is 50.5 Å². The van der Waals surface area contributed by atoms with E-state index in [0.717, 1.165) is 23.2 Å². The van der Waals surface area contributed by atoms with Gasteiger partial charge in [0.15, 0.2) is 5.78 Å². The molecule has 1 aromatic heterocycles. The summed E-state index contributed by atoms with van der Waals surface area (Å²) >= 11 is 0. The maximum Gasteiger partial charge on any atom is 0.268 e. The van der Waals surface area contributed by atoms with Crippen molar-refractivity contribution in [1.82, 2.24) is 15.6 Å². The van der Waals surface area contributed by atoms with Gasteiger partial charge in [-0.3, -0.25) is 14.4 Å². The molecule has 27 heavy (non-hydrogen) atoms. The molecule has 0 spiro atoms. The number of aromatic nitrogens is 1. The second-order valence-corrected chi connectivity index (χ2v) is 6.52. The molecule has 0 bridgehead atoms. The van der Waals surface area contributed by atoms with Crippen molar-refractivity contribution in [1.29, 1.82) is 0 Å². The molecule has 0 unspecified atom stereocenters. The maximum absolute atomic E-state index is 12.6. The van der Waals surface area contributed by atoms with Gasteiger partial charge in [-0.2, -0.15) is 0 Å². The largest absolute Gasteiger partial charge is 0.354 e. The number of carbonyl (C=O) groups excluding carboxylic acids is 3. The van der Waals surface area contributed by atoms with Crippen molar-refractivity contribution in [2.24, 2.45) is 0 Å². The molecule has 0 aliphatic rings. The minimum atomic E-state index is -0.234. The van der Waals surface area contributed by atoms with Crippen LogP contribution in [0.3, 0.4) is 0 Å². The summed E-state index contributed by atoms with van der Waals surface area (Å²) in [7, 11) is 0. The Morgan fingerprint density at radius 3 is 2.22 bits per heavy atom. The predicted molar refractivity (Wildman–Crippen MR) is 105 cm³/mol. The summed E-state index contributed by atoms with van der Waals surface area (Å²) in [5.41, 5.74) is 4.06. The number of ketones is 1. The molecule has 2 aromatic rings. The first kappa shape index (κ1) is 20.4. The fourth-order valence-electron chi connectivity index (χ4n) is 3.15. The van der Waals surface area contributed by atoms with Crippen LogP contribution in [0.5, 0.6) is 0 Å². The number of aromatic amines is 1. The molecule has 0 atom stereocenters. The molecule has 0 radical (unpaired) electrons. The highest BCUT2D eigenvalue weighted by Crippen LogP contribution is 2.21. The Hall–Kier alpha value is -2.89. The average Bonchev–Trinajstić information content (AvgIpc) is 2.97. The first-order valence-electron chi connectivity index (χ1n) is 9.26. The molecule has 0 aliphatic heterocycles. The van der Waals surface area contributed by atoms with Gasteiger partial charge in [-0.15, -0.1) is 0 Å². The lowest BCUT2D eigenvalue weighted by Gasteiger charge is -2.08. The van der Waals surface area contributed by atoms with Crippen LogP contribution in [0, 0.1) is 6.92 Å².